The van der Waals surface area contributed by atoms with E-state index < -0.39 is 35.1 Å². The predicted octanol–water partition coefficient (Wildman–Crippen LogP) is 5.57. The molecule has 0 bridgehead atoms. The Morgan fingerprint density at radius 2 is 1.80 bits per heavy atom. The van der Waals surface area contributed by atoms with Crippen LogP contribution in [0.25, 0.3) is 10.6 Å². The van der Waals surface area contributed by atoms with Crippen molar-refractivity contribution >= 4 is 28.7 Å². The largest absolute Gasteiger partial charge is 0.503 e. The summed E-state index contributed by atoms with van der Waals surface area (Å²) in [7, 11) is 0. The Morgan fingerprint density at radius 3 is 2.49 bits per heavy atom. The number of aliphatic hydroxyl groups is 1. The molecule has 0 radical (unpaired) electrons. The first-order valence-electron chi connectivity index (χ1n) is 10.6. The third kappa shape index (κ3) is 3.89. The zero-order valence-electron chi connectivity index (χ0n) is 18.3. The second-order valence-electron chi connectivity index (χ2n) is 7.82. The Morgan fingerprint density at radius 1 is 1.06 bits per heavy atom. The number of rotatable bonds is 5. The molecule has 3 heterocycles. The number of hydrogen-bond donors (Lipinski definition) is 1. The molecule has 0 saturated heterocycles. The van der Waals surface area contributed by atoms with Crippen molar-refractivity contribution < 1.29 is 23.5 Å². The highest BCUT2D eigenvalue weighted by Gasteiger charge is 2.46. The van der Waals surface area contributed by atoms with Crippen LogP contribution in [0.5, 0.6) is 0 Å². The van der Waals surface area contributed by atoms with E-state index in [0.717, 1.165) is 33.9 Å². The van der Waals surface area contributed by atoms with Crippen LogP contribution in [0.1, 0.15) is 27.1 Å². The lowest BCUT2D eigenvalue weighted by Crippen LogP contribution is -2.32. The van der Waals surface area contributed by atoms with Gasteiger partial charge in [-0.15, -0.1) is 11.3 Å². The summed E-state index contributed by atoms with van der Waals surface area (Å²) in [6.45, 7) is 1.66. The first-order chi connectivity index (χ1) is 16.9. The summed E-state index contributed by atoms with van der Waals surface area (Å²) < 4.78 is 28.3. The van der Waals surface area contributed by atoms with Crippen molar-refractivity contribution in [3.05, 3.63) is 112 Å². The van der Waals surface area contributed by atoms with Crippen molar-refractivity contribution in [2.45, 2.75) is 13.0 Å². The van der Waals surface area contributed by atoms with Gasteiger partial charge in [0.05, 0.1) is 27.5 Å². The maximum Gasteiger partial charge on any atom is 0.294 e. The van der Waals surface area contributed by atoms with Crippen molar-refractivity contribution in [2.75, 3.05) is 4.90 Å². The van der Waals surface area contributed by atoms with Crippen LogP contribution in [-0.2, 0) is 4.79 Å². The summed E-state index contributed by atoms with van der Waals surface area (Å²) in [6, 6.07) is 15.6. The fraction of sp³-hybridized carbons (Fsp3) is 0.0769. The number of benzene rings is 2. The van der Waals surface area contributed by atoms with E-state index in [1.54, 1.807) is 25.1 Å². The van der Waals surface area contributed by atoms with Crippen molar-refractivity contribution in [2.24, 2.45) is 0 Å². The summed E-state index contributed by atoms with van der Waals surface area (Å²) >= 11 is 1.13. The Balaban J connectivity index is 1.64. The lowest BCUT2D eigenvalue weighted by Gasteiger charge is -2.26. The van der Waals surface area contributed by atoms with E-state index in [2.05, 4.69) is 9.97 Å². The first-order valence-corrected chi connectivity index (χ1v) is 11.4. The predicted molar refractivity (Wildman–Crippen MR) is 127 cm³/mol. The lowest BCUT2D eigenvalue weighted by atomic mass is 9.98. The Labute approximate surface area is 202 Å². The normalized spacial score (nSPS) is 15.7. The average molecular weight is 490 g/mol. The highest BCUT2D eigenvalue weighted by atomic mass is 32.1. The number of pyridine rings is 1. The molecule has 2 aromatic carbocycles. The first kappa shape index (κ1) is 22.5. The molecule has 0 aliphatic carbocycles. The Bertz CT molecular complexity index is 1490. The topological polar surface area (TPSA) is 83.4 Å². The number of halogens is 2. The minimum absolute atomic E-state index is 0.237. The molecular formula is C26H17F2N3O3S. The summed E-state index contributed by atoms with van der Waals surface area (Å²) in [5.41, 5.74) is 0.952. The number of anilines is 1. The lowest BCUT2D eigenvalue weighted by molar-refractivity contribution is -0.117. The average Bonchev–Trinajstić information content (AvgIpc) is 3.37. The number of aryl methyl sites for hydroxylation is 1. The molecule has 4 aromatic rings. The third-order valence-corrected chi connectivity index (χ3v) is 6.82. The van der Waals surface area contributed by atoms with Crippen LogP contribution in [0.15, 0.2) is 84.3 Å². The number of hydrogen-bond acceptors (Lipinski definition) is 6. The number of aromatic nitrogens is 2. The number of carbonyl (C=O) groups is 2. The summed E-state index contributed by atoms with van der Waals surface area (Å²) in [6.07, 6.45) is 1.46. The summed E-state index contributed by atoms with van der Waals surface area (Å²) in [4.78, 5) is 36.8. The summed E-state index contributed by atoms with van der Waals surface area (Å²) in [5.74, 6) is -4.26. The van der Waals surface area contributed by atoms with Gasteiger partial charge in [0, 0.05) is 17.8 Å². The zero-order chi connectivity index (χ0) is 24.7. The fourth-order valence-electron chi connectivity index (χ4n) is 4.01. The van der Waals surface area contributed by atoms with Crippen LogP contribution < -0.4 is 4.90 Å². The van der Waals surface area contributed by atoms with Crippen molar-refractivity contribution in [3.8, 4) is 10.6 Å². The van der Waals surface area contributed by atoms with Gasteiger partial charge in [-0.05, 0) is 31.2 Å². The molecule has 1 amide bonds. The zero-order valence-corrected chi connectivity index (χ0v) is 19.1. The van der Waals surface area contributed by atoms with E-state index in [4.69, 9.17) is 0 Å². The highest BCUT2D eigenvalue weighted by molar-refractivity contribution is 7.17. The van der Waals surface area contributed by atoms with Gasteiger partial charge in [-0.3, -0.25) is 19.5 Å². The molecule has 0 fully saturated rings. The van der Waals surface area contributed by atoms with Gasteiger partial charge in [0.25, 0.3) is 5.91 Å². The van der Waals surface area contributed by atoms with Gasteiger partial charge >= 0.3 is 0 Å². The fourth-order valence-corrected chi connectivity index (χ4v) is 5.04. The van der Waals surface area contributed by atoms with E-state index in [0.29, 0.717) is 16.8 Å². The molecule has 0 saturated carbocycles. The molecule has 0 spiro atoms. The molecule has 174 valence electrons. The molecule has 1 atom stereocenters. The molecular weight excluding hydrogens is 472 g/mol. The summed E-state index contributed by atoms with van der Waals surface area (Å²) in [5, 5.41) is 11.4. The number of Topliss-reactive ketones (excluding diaryl/α,β-unsaturated/α-hetero) is 1. The number of aliphatic hydroxyl groups excluding tert-OH is 1. The number of ketones is 1. The van der Waals surface area contributed by atoms with Gasteiger partial charge in [0.1, 0.15) is 22.7 Å². The van der Waals surface area contributed by atoms with Crippen LogP contribution in [0.3, 0.4) is 0 Å². The maximum absolute atomic E-state index is 14.8. The third-order valence-electron chi connectivity index (χ3n) is 5.61. The van der Waals surface area contributed by atoms with E-state index in [-0.39, 0.29) is 21.8 Å². The molecule has 2 aromatic heterocycles. The van der Waals surface area contributed by atoms with Crippen molar-refractivity contribution in [1.82, 2.24) is 9.97 Å². The van der Waals surface area contributed by atoms with Gasteiger partial charge in [0.2, 0.25) is 5.78 Å². The van der Waals surface area contributed by atoms with Gasteiger partial charge < -0.3 is 5.11 Å². The van der Waals surface area contributed by atoms with E-state index in [1.807, 2.05) is 30.3 Å². The molecule has 1 aliphatic rings. The van der Waals surface area contributed by atoms with E-state index >= 15 is 0 Å². The number of carbonyl (C=O) groups excluding carboxylic acids is 2. The van der Waals surface area contributed by atoms with Gasteiger partial charge in [-0.25, -0.2) is 13.8 Å². The smallest absolute Gasteiger partial charge is 0.294 e. The van der Waals surface area contributed by atoms with Gasteiger partial charge in [-0.1, -0.05) is 36.4 Å². The van der Waals surface area contributed by atoms with Crippen LogP contribution in [0.2, 0.25) is 0 Å². The number of thiazole rings is 1. The minimum atomic E-state index is -1.22. The van der Waals surface area contributed by atoms with E-state index in [1.165, 1.54) is 6.20 Å². The van der Waals surface area contributed by atoms with Gasteiger partial charge in [0.15, 0.2) is 5.76 Å². The SMILES string of the molecule is Cc1nc(-c2ccccc2)sc1C(=O)C1=C(O)C(=O)N(c2ccc(F)cc2F)C1c1ccccn1. The highest BCUT2D eigenvalue weighted by Crippen LogP contribution is 2.43. The molecule has 9 heteroatoms. The molecule has 5 rings (SSSR count). The van der Waals surface area contributed by atoms with Crippen molar-refractivity contribution in [3.63, 3.8) is 0 Å². The maximum atomic E-state index is 14.8. The molecule has 1 aliphatic heterocycles. The molecule has 35 heavy (non-hydrogen) atoms. The van der Waals surface area contributed by atoms with Crippen LogP contribution in [0.4, 0.5) is 14.5 Å². The number of nitrogens with zero attached hydrogens (tertiary/aromatic N) is 3. The Hall–Kier alpha value is -4.24. The quantitative estimate of drug-likeness (QED) is 0.371. The van der Waals surface area contributed by atoms with Crippen LogP contribution >= 0.6 is 11.3 Å². The molecule has 6 nitrogen and oxygen atoms in total. The van der Waals surface area contributed by atoms with Crippen LogP contribution in [-0.4, -0.2) is 26.8 Å². The molecule has 1 N–H and O–H groups in total. The van der Waals surface area contributed by atoms with E-state index in [9.17, 15) is 23.5 Å². The monoisotopic (exact) mass is 489 g/mol. The number of amides is 1. The Kier molecular flexibility index (Phi) is 5.70. The van der Waals surface area contributed by atoms with Crippen LogP contribution in [0, 0.1) is 18.6 Å². The second-order valence-corrected chi connectivity index (χ2v) is 8.82. The second kappa shape index (κ2) is 8.84. The van der Waals surface area contributed by atoms with Crippen molar-refractivity contribution in [1.29, 1.82) is 0 Å². The minimum Gasteiger partial charge on any atom is -0.503 e. The van der Waals surface area contributed by atoms with Gasteiger partial charge in [-0.2, -0.15) is 0 Å². The standard InChI is InChI=1S/C26H17F2N3O3S/c1-14-24(35-25(30-14)15-7-3-2-4-8-15)22(32)20-21(18-9-5-6-12-29-18)31(26(34)23(20)33)19-11-10-16(27)13-17(19)28/h2-13,21,33H,1H3. The molecule has 1 unspecified atom stereocenters.